The Kier molecular flexibility index (Phi) is 5.97. The Balaban J connectivity index is 1.45. The first-order chi connectivity index (χ1) is 15.4. The highest BCUT2D eigenvalue weighted by Gasteiger charge is 2.33. The summed E-state index contributed by atoms with van der Waals surface area (Å²) < 4.78 is 32.5. The number of rotatable bonds is 5. The Bertz CT molecular complexity index is 1250. The number of amides is 4. The van der Waals surface area contributed by atoms with Gasteiger partial charge in [-0.25, -0.2) is 18.9 Å². The molecule has 4 rings (SSSR count). The van der Waals surface area contributed by atoms with E-state index in [1.807, 2.05) is 0 Å². The molecule has 1 aliphatic heterocycles. The summed E-state index contributed by atoms with van der Waals surface area (Å²) in [6.07, 6.45) is 1.27. The van der Waals surface area contributed by atoms with Crippen molar-refractivity contribution in [1.82, 2.24) is 9.71 Å². The first kappa shape index (κ1) is 21.6. The summed E-state index contributed by atoms with van der Waals surface area (Å²) in [5.41, 5.74) is 1.19. The van der Waals surface area contributed by atoms with Crippen LogP contribution in [0.2, 0.25) is 0 Å². The van der Waals surface area contributed by atoms with Crippen LogP contribution in [0.1, 0.15) is 15.9 Å². The third kappa shape index (κ3) is 4.36. The first-order valence-corrected chi connectivity index (χ1v) is 11.1. The molecule has 1 aromatic carbocycles. The number of thiophene rings is 1. The molecular formula is C20H15FN4O5S2. The molecule has 12 heteroatoms. The van der Waals surface area contributed by atoms with Crippen molar-refractivity contribution in [2.75, 3.05) is 17.3 Å². The summed E-state index contributed by atoms with van der Waals surface area (Å²) in [5.74, 6) is -0.302. The summed E-state index contributed by atoms with van der Waals surface area (Å²) in [4.78, 5) is 42.5. The molecule has 3 aromatic rings. The van der Waals surface area contributed by atoms with E-state index in [1.54, 1.807) is 18.2 Å². The predicted molar refractivity (Wildman–Crippen MR) is 116 cm³/mol. The fourth-order valence-electron chi connectivity index (χ4n) is 3.04. The minimum Gasteiger partial charge on any atom is -0.497 e. The standard InChI is InChI=1S/C20H15FN4O5S2/c1-30-13-3-4-14-11(8-13)9-17(26)25(19(14)27)16-6-2-12(10-22-16)23-20(28)24-32(29)18-7-5-15(21)31-18/h2-8,10H,9H2,1H3,(H2,23,24,28). The number of hydrogen-bond donors (Lipinski definition) is 2. The largest absolute Gasteiger partial charge is 0.497 e. The summed E-state index contributed by atoms with van der Waals surface area (Å²) >= 11 is 0.661. The van der Waals surface area contributed by atoms with E-state index < -0.39 is 34.0 Å². The van der Waals surface area contributed by atoms with Crippen LogP contribution in [0.3, 0.4) is 0 Å². The molecule has 32 heavy (non-hydrogen) atoms. The van der Waals surface area contributed by atoms with E-state index in [0.29, 0.717) is 28.2 Å². The summed E-state index contributed by atoms with van der Waals surface area (Å²) in [7, 11) is -0.418. The lowest BCUT2D eigenvalue weighted by Crippen LogP contribution is -2.43. The maximum Gasteiger partial charge on any atom is 0.331 e. The number of hydrogen-bond acceptors (Lipinski definition) is 7. The summed E-state index contributed by atoms with van der Waals surface area (Å²) in [5, 5.41) is 1.92. The van der Waals surface area contributed by atoms with Crippen molar-refractivity contribution in [3.05, 3.63) is 64.9 Å². The van der Waals surface area contributed by atoms with Crippen molar-refractivity contribution < 1.29 is 27.7 Å². The molecular weight excluding hydrogens is 459 g/mol. The van der Waals surface area contributed by atoms with Gasteiger partial charge in [-0.3, -0.25) is 14.3 Å². The van der Waals surface area contributed by atoms with Gasteiger partial charge in [-0.2, -0.15) is 4.39 Å². The molecule has 2 aromatic heterocycles. The van der Waals surface area contributed by atoms with Gasteiger partial charge in [-0.05, 0) is 48.0 Å². The number of ether oxygens (including phenoxy) is 1. The van der Waals surface area contributed by atoms with Gasteiger partial charge in [0.2, 0.25) is 5.91 Å². The number of nitrogens with zero attached hydrogens (tertiary/aromatic N) is 2. The van der Waals surface area contributed by atoms with Crippen LogP contribution >= 0.6 is 11.3 Å². The molecule has 0 saturated heterocycles. The number of pyridine rings is 1. The molecule has 3 heterocycles. The number of carbonyl (C=O) groups is 3. The SMILES string of the molecule is COc1ccc2c(c1)CC(=O)N(c1ccc(NC(=O)NS(=O)c3ccc(F)s3)cn1)C2=O. The molecule has 1 unspecified atom stereocenters. The lowest BCUT2D eigenvalue weighted by Gasteiger charge is -2.26. The topological polar surface area (TPSA) is 118 Å². The van der Waals surface area contributed by atoms with Crippen LogP contribution in [-0.2, 0) is 22.2 Å². The van der Waals surface area contributed by atoms with Crippen LogP contribution in [0.15, 0.2) is 52.9 Å². The quantitative estimate of drug-likeness (QED) is 0.549. The Labute approximate surface area is 187 Å². The highest BCUT2D eigenvalue weighted by atomic mass is 32.2. The molecule has 1 aliphatic rings. The molecule has 1 atom stereocenters. The maximum absolute atomic E-state index is 13.0. The fourth-order valence-corrected chi connectivity index (χ4v) is 4.68. The third-order valence-electron chi connectivity index (χ3n) is 4.49. The number of methoxy groups -OCH3 is 1. The van der Waals surface area contributed by atoms with Crippen molar-refractivity contribution in [1.29, 1.82) is 0 Å². The molecule has 0 aliphatic carbocycles. The average molecular weight is 474 g/mol. The number of imide groups is 1. The van der Waals surface area contributed by atoms with Crippen LogP contribution in [0, 0.1) is 5.13 Å². The number of fused-ring (bicyclic) bond motifs is 1. The Morgan fingerprint density at radius 3 is 2.69 bits per heavy atom. The van der Waals surface area contributed by atoms with Gasteiger partial charge in [-0.15, -0.1) is 0 Å². The van der Waals surface area contributed by atoms with Gasteiger partial charge in [0.15, 0.2) is 16.1 Å². The third-order valence-corrected chi connectivity index (χ3v) is 6.73. The van der Waals surface area contributed by atoms with Crippen molar-refractivity contribution in [3.8, 4) is 5.75 Å². The van der Waals surface area contributed by atoms with Gasteiger partial charge in [0.05, 0.1) is 25.4 Å². The fraction of sp³-hybridized carbons (Fsp3) is 0.100. The van der Waals surface area contributed by atoms with Gasteiger partial charge in [0.1, 0.15) is 15.8 Å². The second kappa shape index (κ2) is 8.85. The number of urea groups is 1. The smallest absolute Gasteiger partial charge is 0.331 e. The molecule has 0 saturated carbocycles. The summed E-state index contributed by atoms with van der Waals surface area (Å²) in [6, 6.07) is 9.40. The predicted octanol–water partition coefficient (Wildman–Crippen LogP) is 2.86. The van der Waals surface area contributed by atoms with Crippen molar-refractivity contribution in [2.24, 2.45) is 0 Å². The van der Waals surface area contributed by atoms with Crippen LogP contribution in [0.5, 0.6) is 5.75 Å². The summed E-state index contributed by atoms with van der Waals surface area (Å²) in [6.45, 7) is 0. The molecule has 0 radical (unpaired) electrons. The van der Waals surface area contributed by atoms with E-state index in [1.165, 1.54) is 31.5 Å². The van der Waals surface area contributed by atoms with Gasteiger partial charge in [0.25, 0.3) is 5.91 Å². The van der Waals surface area contributed by atoms with E-state index in [0.717, 1.165) is 11.0 Å². The maximum atomic E-state index is 13.0. The Morgan fingerprint density at radius 1 is 1.22 bits per heavy atom. The zero-order chi connectivity index (χ0) is 22.8. The number of nitrogens with one attached hydrogen (secondary N) is 2. The van der Waals surface area contributed by atoms with E-state index in [-0.39, 0.29) is 22.1 Å². The number of halogens is 1. The normalized spacial score (nSPS) is 14.0. The Hall–Kier alpha value is -3.64. The van der Waals surface area contributed by atoms with Gasteiger partial charge < -0.3 is 10.1 Å². The molecule has 9 nitrogen and oxygen atoms in total. The van der Waals surface area contributed by atoms with Crippen molar-refractivity contribution >= 4 is 51.7 Å². The molecule has 0 spiro atoms. The lowest BCUT2D eigenvalue weighted by molar-refractivity contribution is -0.117. The second-order valence-electron chi connectivity index (χ2n) is 6.52. The molecule has 4 amide bonds. The van der Waals surface area contributed by atoms with E-state index in [9.17, 15) is 23.0 Å². The van der Waals surface area contributed by atoms with Gasteiger partial charge in [-0.1, -0.05) is 11.3 Å². The Morgan fingerprint density at radius 2 is 2.03 bits per heavy atom. The van der Waals surface area contributed by atoms with Crippen molar-refractivity contribution in [2.45, 2.75) is 10.6 Å². The molecule has 2 N–H and O–H groups in total. The second-order valence-corrected chi connectivity index (χ2v) is 9.00. The average Bonchev–Trinajstić information content (AvgIpc) is 3.21. The zero-order valence-electron chi connectivity index (χ0n) is 16.5. The van der Waals surface area contributed by atoms with Crippen LogP contribution in [0.4, 0.5) is 20.7 Å². The zero-order valence-corrected chi connectivity index (χ0v) is 18.1. The van der Waals surface area contributed by atoms with Gasteiger partial charge in [0, 0.05) is 5.56 Å². The highest BCUT2D eigenvalue weighted by molar-refractivity contribution is 7.86. The van der Waals surface area contributed by atoms with Crippen LogP contribution < -0.4 is 19.7 Å². The van der Waals surface area contributed by atoms with Crippen LogP contribution in [-0.4, -0.2) is 34.1 Å². The van der Waals surface area contributed by atoms with E-state index in [2.05, 4.69) is 15.0 Å². The number of aromatic nitrogens is 1. The molecule has 164 valence electrons. The molecule has 0 fully saturated rings. The van der Waals surface area contributed by atoms with E-state index >= 15 is 0 Å². The highest BCUT2D eigenvalue weighted by Crippen LogP contribution is 2.27. The monoisotopic (exact) mass is 474 g/mol. The van der Waals surface area contributed by atoms with Crippen LogP contribution in [0.25, 0.3) is 0 Å². The minimum absolute atomic E-state index is 0.0114. The van der Waals surface area contributed by atoms with Crippen molar-refractivity contribution in [3.63, 3.8) is 0 Å². The van der Waals surface area contributed by atoms with E-state index in [4.69, 9.17) is 4.74 Å². The first-order valence-electron chi connectivity index (χ1n) is 9.10. The lowest BCUT2D eigenvalue weighted by atomic mass is 9.98. The number of anilines is 2. The minimum atomic E-state index is -1.92. The van der Waals surface area contributed by atoms with Gasteiger partial charge >= 0.3 is 6.03 Å². The number of benzene rings is 1. The molecule has 0 bridgehead atoms. The number of carbonyl (C=O) groups excluding carboxylic acids is 3.